The highest BCUT2D eigenvalue weighted by molar-refractivity contribution is 6.06. The molecule has 0 aliphatic carbocycles. The zero-order valence-electron chi connectivity index (χ0n) is 20.4. The molecule has 0 unspecified atom stereocenters. The maximum atomic E-state index is 6.48. The van der Waals surface area contributed by atoms with E-state index in [0.29, 0.717) is 22.9 Å². The maximum Gasteiger partial charge on any atom is 0.154 e. The van der Waals surface area contributed by atoms with Gasteiger partial charge < -0.3 is 21.1 Å². The quantitative estimate of drug-likeness (QED) is 0.243. The summed E-state index contributed by atoms with van der Waals surface area (Å²) < 4.78 is 6.47. The van der Waals surface area contributed by atoms with E-state index < -0.39 is 0 Å². The molecule has 4 nitrogen and oxygen atoms in total. The molecule has 0 atom stereocenters. The lowest BCUT2D eigenvalue weighted by Crippen LogP contribution is -2.17. The van der Waals surface area contributed by atoms with E-state index in [-0.39, 0.29) is 0 Å². The summed E-state index contributed by atoms with van der Waals surface area (Å²) in [7, 11) is 0. The molecule has 0 amide bonds. The second kappa shape index (κ2) is 8.04. The van der Waals surface area contributed by atoms with E-state index in [1.807, 2.05) is 24.3 Å². The molecule has 1 heterocycles. The van der Waals surface area contributed by atoms with Crippen molar-refractivity contribution in [3.05, 3.63) is 115 Å². The van der Waals surface area contributed by atoms with Gasteiger partial charge in [-0.3, -0.25) is 0 Å². The van der Waals surface area contributed by atoms with Crippen LogP contribution < -0.4 is 21.1 Å². The molecule has 6 aromatic carbocycles. The van der Waals surface area contributed by atoms with Crippen molar-refractivity contribution in [1.82, 2.24) is 0 Å². The van der Waals surface area contributed by atoms with Gasteiger partial charge in [0.05, 0.1) is 11.4 Å². The van der Waals surface area contributed by atoms with Crippen molar-refractivity contribution in [2.75, 3.05) is 16.4 Å². The molecule has 4 N–H and O–H groups in total. The summed E-state index contributed by atoms with van der Waals surface area (Å²) in [6.07, 6.45) is 0. The highest BCUT2D eigenvalue weighted by atomic mass is 16.5. The zero-order chi connectivity index (χ0) is 25.1. The van der Waals surface area contributed by atoms with E-state index in [0.717, 1.165) is 28.2 Å². The fourth-order valence-corrected chi connectivity index (χ4v) is 5.45. The lowest BCUT2D eigenvalue weighted by atomic mass is 9.92. The number of ether oxygens (including phenoxy) is 1. The van der Waals surface area contributed by atoms with Gasteiger partial charge in [-0.1, -0.05) is 66.7 Å². The summed E-state index contributed by atoms with van der Waals surface area (Å²) in [5.74, 6) is 1.40. The second-order valence-corrected chi connectivity index (χ2v) is 9.59. The number of anilines is 5. The topological polar surface area (TPSA) is 64.5 Å². The summed E-state index contributed by atoms with van der Waals surface area (Å²) in [6.45, 7) is 2.14. The highest BCUT2D eigenvalue weighted by Gasteiger charge is 2.30. The molecular weight excluding hydrogens is 454 g/mol. The number of nitrogens with zero attached hydrogens (tertiary/aromatic N) is 1. The summed E-state index contributed by atoms with van der Waals surface area (Å²) in [4.78, 5) is 2.27. The average molecular weight is 480 g/mol. The molecule has 7 rings (SSSR count). The minimum Gasteiger partial charge on any atom is -0.453 e. The highest BCUT2D eigenvalue weighted by Crippen LogP contribution is 2.56. The summed E-state index contributed by atoms with van der Waals surface area (Å²) in [6, 6.07) is 37.6. The molecular formula is C33H25N3O. The Bertz CT molecular complexity index is 1860. The number of hydrogen-bond donors (Lipinski definition) is 2. The van der Waals surface area contributed by atoms with E-state index in [1.54, 1.807) is 0 Å². The predicted octanol–water partition coefficient (Wildman–Crippen LogP) is 8.71. The molecule has 0 radical (unpaired) electrons. The molecule has 0 saturated carbocycles. The fourth-order valence-electron chi connectivity index (χ4n) is 5.45. The molecule has 1 aliphatic rings. The Morgan fingerprint density at radius 2 is 1.35 bits per heavy atom. The van der Waals surface area contributed by atoms with E-state index in [2.05, 4.69) is 96.8 Å². The summed E-state index contributed by atoms with van der Waals surface area (Å²) in [5, 5.41) is 4.76. The number of hydrogen-bond acceptors (Lipinski definition) is 4. The van der Waals surface area contributed by atoms with Crippen molar-refractivity contribution in [3.63, 3.8) is 0 Å². The van der Waals surface area contributed by atoms with E-state index >= 15 is 0 Å². The first-order valence-corrected chi connectivity index (χ1v) is 12.4. The third-order valence-corrected chi connectivity index (χ3v) is 7.19. The Labute approximate surface area is 215 Å². The van der Waals surface area contributed by atoms with Crippen molar-refractivity contribution in [2.24, 2.45) is 0 Å². The van der Waals surface area contributed by atoms with Gasteiger partial charge in [-0.25, -0.2) is 0 Å². The first-order valence-electron chi connectivity index (χ1n) is 12.4. The van der Waals surface area contributed by atoms with Crippen LogP contribution in [0.15, 0.2) is 109 Å². The molecule has 0 fully saturated rings. The van der Waals surface area contributed by atoms with E-state index in [9.17, 15) is 0 Å². The van der Waals surface area contributed by atoms with Crippen molar-refractivity contribution in [1.29, 1.82) is 0 Å². The van der Waals surface area contributed by atoms with E-state index in [1.165, 1.54) is 27.1 Å². The molecule has 37 heavy (non-hydrogen) atoms. The number of aryl methyl sites for hydroxylation is 1. The van der Waals surface area contributed by atoms with Crippen molar-refractivity contribution < 1.29 is 4.74 Å². The molecule has 4 heteroatoms. The van der Waals surface area contributed by atoms with Crippen LogP contribution in [-0.4, -0.2) is 0 Å². The van der Waals surface area contributed by atoms with Gasteiger partial charge in [0.15, 0.2) is 11.5 Å². The Hall–Kier alpha value is -4.96. The standard InChI is InChI=1S/C33H25N3O/c1-20-10-14-28(27-9-5-4-8-26(20)27)29-17-24(35)19-32-33(29)36(30-15-12-23(34)18-31(30)37-32)25-13-11-21-6-2-3-7-22(21)16-25/h2-19H,34-35H2,1H3. The van der Waals surface area contributed by atoms with Gasteiger partial charge in [-0.05, 0) is 69.9 Å². The Kier molecular flexibility index (Phi) is 4.63. The Morgan fingerprint density at radius 1 is 0.595 bits per heavy atom. The molecule has 1 aliphatic heterocycles. The monoisotopic (exact) mass is 479 g/mol. The molecule has 0 bridgehead atoms. The van der Waals surface area contributed by atoms with Gasteiger partial charge >= 0.3 is 0 Å². The van der Waals surface area contributed by atoms with Gasteiger partial charge in [0, 0.05) is 34.8 Å². The van der Waals surface area contributed by atoms with Crippen LogP contribution in [0.1, 0.15) is 5.56 Å². The molecule has 0 aromatic heterocycles. The minimum absolute atomic E-state index is 0.643. The lowest BCUT2D eigenvalue weighted by Gasteiger charge is -2.35. The summed E-state index contributed by atoms with van der Waals surface area (Å²) in [5.41, 5.74) is 20.2. The third-order valence-electron chi connectivity index (χ3n) is 7.19. The van der Waals surface area contributed by atoms with E-state index in [4.69, 9.17) is 16.2 Å². The second-order valence-electron chi connectivity index (χ2n) is 9.59. The van der Waals surface area contributed by atoms with Crippen LogP contribution >= 0.6 is 0 Å². The van der Waals surface area contributed by atoms with Crippen molar-refractivity contribution in [3.8, 4) is 22.6 Å². The fraction of sp³-hybridized carbons (Fsp3) is 0.0303. The number of rotatable bonds is 2. The van der Waals surface area contributed by atoms with Gasteiger partial charge in [0.2, 0.25) is 0 Å². The van der Waals surface area contributed by atoms with Crippen LogP contribution in [0, 0.1) is 6.92 Å². The SMILES string of the molecule is Cc1ccc(-c2cc(N)cc3c2N(c2ccc4ccccc4c2)c2ccc(N)cc2O3)c2ccccc12. The zero-order valence-corrected chi connectivity index (χ0v) is 20.4. The molecule has 6 aromatic rings. The first kappa shape index (κ1) is 21.3. The maximum absolute atomic E-state index is 6.48. The molecule has 178 valence electrons. The predicted molar refractivity (Wildman–Crippen MR) is 155 cm³/mol. The minimum atomic E-state index is 0.643. The third kappa shape index (κ3) is 3.38. The van der Waals surface area contributed by atoms with Gasteiger partial charge in [-0.15, -0.1) is 0 Å². The van der Waals surface area contributed by atoms with Crippen LogP contribution in [-0.2, 0) is 0 Å². The number of nitrogens with two attached hydrogens (primary N) is 2. The van der Waals surface area contributed by atoms with Crippen molar-refractivity contribution in [2.45, 2.75) is 6.92 Å². The largest absolute Gasteiger partial charge is 0.453 e. The summed E-state index contributed by atoms with van der Waals surface area (Å²) >= 11 is 0. The number of benzene rings is 6. The smallest absolute Gasteiger partial charge is 0.154 e. The number of nitrogen functional groups attached to an aromatic ring is 2. The van der Waals surface area contributed by atoms with Crippen LogP contribution in [0.2, 0.25) is 0 Å². The average Bonchev–Trinajstić information content (AvgIpc) is 2.91. The van der Waals surface area contributed by atoms with Gasteiger partial charge in [0.1, 0.15) is 0 Å². The lowest BCUT2D eigenvalue weighted by molar-refractivity contribution is 0.478. The Balaban J connectivity index is 1.56. The van der Waals surface area contributed by atoms with Gasteiger partial charge in [0.25, 0.3) is 0 Å². The van der Waals surface area contributed by atoms with Crippen molar-refractivity contribution >= 4 is 50.0 Å². The van der Waals surface area contributed by atoms with Crippen LogP contribution in [0.5, 0.6) is 11.5 Å². The first-order chi connectivity index (χ1) is 18.1. The Morgan fingerprint density at radius 3 is 2.22 bits per heavy atom. The van der Waals surface area contributed by atoms with Crippen LogP contribution in [0.4, 0.5) is 28.4 Å². The molecule has 0 spiro atoms. The van der Waals surface area contributed by atoms with Gasteiger partial charge in [-0.2, -0.15) is 0 Å². The normalized spacial score (nSPS) is 12.3. The molecule has 0 saturated heterocycles. The van der Waals surface area contributed by atoms with Crippen LogP contribution in [0.3, 0.4) is 0 Å². The number of fused-ring (bicyclic) bond motifs is 4. The van der Waals surface area contributed by atoms with Crippen LogP contribution in [0.25, 0.3) is 32.7 Å².